The minimum atomic E-state index is -1.20. The Morgan fingerprint density at radius 3 is 2.33 bits per heavy atom. The van der Waals surface area contributed by atoms with E-state index in [1.165, 1.54) is 18.9 Å². The van der Waals surface area contributed by atoms with Gasteiger partial charge in [0.2, 0.25) is 11.8 Å². The number of nitrogens with zero attached hydrogens (tertiary/aromatic N) is 1. The van der Waals surface area contributed by atoms with Crippen LogP contribution in [-0.2, 0) is 14.4 Å². The number of likely N-dealkylation sites (N-methyl/N-ethyl adjacent to an activating group) is 1. The van der Waals surface area contributed by atoms with Crippen molar-refractivity contribution in [1.82, 2.24) is 10.2 Å². The highest BCUT2D eigenvalue weighted by Gasteiger charge is 2.63. The van der Waals surface area contributed by atoms with Gasteiger partial charge >= 0.3 is 0 Å². The Morgan fingerprint density at radius 1 is 1.50 bits per heavy atom. The van der Waals surface area contributed by atoms with E-state index < -0.39 is 23.6 Å². The minimum absolute atomic E-state index is 0.0842. The van der Waals surface area contributed by atoms with Crippen molar-refractivity contribution in [1.29, 1.82) is 0 Å². The Kier molecular flexibility index (Phi) is 4.11. The van der Waals surface area contributed by atoms with Gasteiger partial charge in [-0.1, -0.05) is 6.92 Å². The van der Waals surface area contributed by atoms with Crippen LogP contribution in [0.5, 0.6) is 0 Å². The molecule has 2 amide bonds. The average Bonchev–Trinajstić information content (AvgIpc) is 2.99. The second kappa shape index (κ2) is 5.06. The molecule has 3 atom stereocenters. The molecule has 0 aromatic carbocycles. The van der Waals surface area contributed by atoms with Crippen LogP contribution in [-0.4, -0.2) is 52.3 Å². The van der Waals surface area contributed by atoms with Crippen LogP contribution >= 0.6 is 0 Å². The van der Waals surface area contributed by atoms with E-state index in [2.05, 4.69) is 5.32 Å². The highest BCUT2D eigenvalue weighted by atomic mass is 16.3. The van der Waals surface area contributed by atoms with Gasteiger partial charge in [0.05, 0.1) is 12.1 Å². The predicted octanol–water partition coefficient (Wildman–Crippen LogP) is -0.548. The highest BCUT2D eigenvalue weighted by molar-refractivity contribution is 5.97. The number of hydrogen-bond donors (Lipinski definition) is 2. The van der Waals surface area contributed by atoms with Gasteiger partial charge in [-0.15, -0.1) is 0 Å². The third kappa shape index (κ3) is 2.38. The fourth-order valence-corrected chi connectivity index (χ4v) is 1.98. The first-order valence-corrected chi connectivity index (χ1v) is 6.03. The number of ketones is 1. The van der Waals surface area contributed by atoms with Crippen molar-refractivity contribution >= 4 is 17.6 Å². The van der Waals surface area contributed by atoms with Crippen molar-refractivity contribution in [2.45, 2.75) is 51.3 Å². The molecular weight excluding hydrogens is 236 g/mol. The molecule has 1 aliphatic rings. The summed E-state index contributed by atoms with van der Waals surface area (Å²) in [4.78, 5) is 36.1. The van der Waals surface area contributed by atoms with Gasteiger partial charge in [-0.3, -0.25) is 14.4 Å². The Bertz CT molecular complexity index is 382. The quantitative estimate of drug-likeness (QED) is 0.691. The first-order valence-electron chi connectivity index (χ1n) is 6.03. The van der Waals surface area contributed by atoms with Crippen LogP contribution in [0.15, 0.2) is 0 Å². The molecule has 0 bridgehead atoms. The Hall–Kier alpha value is -1.43. The number of rotatable bonds is 5. The number of Topliss-reactive ketones (excluding diaryl/α,β-unsaturated/α-hetero) is 1. The van der Waals surface area contributed by atoms with Crippen LogP contribution in [0.25, 0.3) is 0 Å². The summed E-state index contributed by atoms with van der Waals surface area (Å²) in [5, 5.41) is 12.2. The van der Waals surface area contributed by atoms with Gasteiger partial charge in [-0.25, -0.2) is 0 Å². The monoisotopic (exact) mass is 256 g/mol. The molecule has 0 aliphatic heterocycles. The Morgan fingerprint density at radius 2 is 2.00 bits per heavy atom. The van der Waals surface area contributed by atoms with E-state index in [-0.39, 0.29) is 18.1 Å². The second-order valence-corrected chi connectivity index (χ2v) is 4.74. The molecule has 6 heteroatoms. The first-order chi connectivity index (χ1) is 8.27. The molecule has 1 rings (SSSR count). The molecule has 1 fully saturated rings. The molecule has 6 nitrogen and oxygen atoms in total. The molecule has 102 valence electrons. The topological polar surface area (TPSA) is 86.7 Å². The summed E-state index contributed by atoms with van der Waals surface area (Å²) in [6.07, 6.45) is -0.322. The summed E-state index contributed by atoms with van der Waals surface area (Å²) >= 11 is 0. The largest absolute Gasteiger partial charge is 0.390 e. The number of amides is 2. The molecule has 0 aromatic rings. The number of carbonyl (C=O) groups excluding carboxylic acids is 3. The minimum Gasteiger partial charge on any atom is -0.390 e. The van der Waals surface area contributed by atoms with Crippen LogP contribution in [0.3, 0.4) is 0 Å². The van der Waals surface area contributed by atoms with E-state index in [1.54, 1.807) is 13.8 Å². The van der Waals surface area contributed by atoms with Crippen molar-refractivity contribution in [3.05, 3.63) is 0 Å². The first kappa shape index (κ1) is 14.6. The van der Waals surface area contributed by atoms with Crippen LogP contribution in [0.4, 0.5) is 0 Å². The van der Waals surface area contributed by atoms with Gasteiger partial charge < -0.3 is 15.3 Å². The second-order valence-electron chi connectivity index (χ2n) is 4.74. The molecule has 0 saturated heterocycles. The van der Waals surface area contributed by atoms with Crippen LogP contribution < -0.4 is 5.32 Å². The fourth-order valence-electron chi connectivity index (χ4n) is 1.98. The van der Waals surface area contributed by atoms with E-state index in [0.717, 1.165) is 0 Å². The van der Waals surface area contributed by atoms with Crippen LogP contribution in [0.1, 0.15) is 33.6 Å². The number of nitrogens with one attached hydrogen (secondary N) is 1. The van der Waals surface area contributed by atoms with Crippen molar-refractivity contribution in [2.24, 2.45) is 0 Å². The fraction of sp³-hybridized carbons (Fsp3) is 0.750. The maximum atomic E-state index is 12.1. The Labute approximate surface area is 106 Å². The van der Waals surface area contributed by atoms with Gasteiger partial charge in [-0.05, 0) is 6.92 Å². The van der Waals surface area contributed by atoms with E-state index in [0.29, 0.717) is 6.42 Å². The number of carbonyl (C=O) groups is 3. The summed E-state index contributed by atoms with van der Waals surface area (Å²) < 4.78 is 0. The highest BCUT2D eigenvalue weighted by Crippen LogP contribution is 2.41. The molecule has 0 radical (unpaired) electrons. The average molecular weight is 256 g/mol. The lowest BCUT2D eigenvalue weighted by molar-refractivity contribution is -0.141. The van der Waals surface area contributed by atoms with Gasteiger partial charge in [0.1, 0.15) is 5.54 Å². The molecular formula is C12H20N2O4. The lowest BCUT2D eigenvalue weighted by atomic mass is 10.1. The van der Waals surface area contributed by atoms with Crippen LogP contribution in [0, 0.1) is 0 Å². The predicted molar refractivity (Wildman–Crippen MR) is 64.7 cm³/mol. The molecule has 0 spiro atoms. The van der Waals surface area contributed by atoms with E-state index in [4.69, 9.17) is 0 Å². The van der Waals surface area contributed by atoms with Gasteiger partial charge in [-0.2, -0.15) is 0 Å². The molecule has 0 aromatic heterocycles. The molecule has 1 aliphatic carbocycles. The molecule has 2 N–H and O–H groups in total. The van der Waals surface area contributed by atoms with Crippen molar-refractivity contribution in [3.8, 4) is 0 Å². The van der Waals surface area contributed by atoms with Crippen LogP contribution in [0.2, 0.25) is 0 Å². The lowest BCUT2D eigenvalue weighted by Gasteiger charge is -2.27. The standard InChI is InChI=1S/C12H20N2O4/c1-5-9(16)7(2)13-11(18)12(6-10(12)17)14(4)8(3)15/h7,10,17H,5-6H2,1-4H3,(H,13,18)/t7-,10+,12?/m0/s1. The summed E-state index contributed by atoms with van der Waals surface area (Å²) in [6.45, 7) is 4.65. The molecule has 18 heavy (non-hydrogen) atoms. The summed E-state index contributed by atoms with van der Waals surface area (Å²) in [5.74, 6) is -0.850. The smallest absolute Gasteiger partial charge is 0.249 e. The zero-order chi connectivity index (χ0) is 14.1. The van der Waals surface area contributed by atoms with E-state index >= 15 is 0 Å². The van der Waals surface area contributed by atoms with E-state index in [9.17, 15) is 19.5 Å². The van der Waals surface area contributed by atoms with Gasteiger partial charge in [0.25, 0.3) is 0 Å². The molecule has 1 saturated carbocycles. The summed E-state index contributed by atoms with van der Waals surface area (Å²) in [6, 6.07) is -0.604. The normalized spacial score (nSPS) is 27.3. The third-order valence-corrected chi connectivity index (χ3v) is 3.54. The zero-order valence-corrected chi connectivity index (χ0v) is 11.2. The number of hydrogen-bond acceptors (Lipinski definition) is 4. The van der Waals surface area contributed by atoms with Gasteiger partial charge in [0, 0.05) is 26.8 Å². The number of aliphatic hydroxyl groups excluding tert-OH is 1. The summed E-state index contributed by atoms with van der Waals surface area (Å²) in [7, 11) is 1.48. The third-order valence-electron chi connectivity index (χ3n) is 3.54. The van der Waals surface area contributed by atoms with Gasteiger partial charge in [0.15, 0.2) is 5.78 Å². The Balaban J connectivity index is 2.76. The van der Waals surface area contributed by atoms with Crippen molar-refractivity contribution in [2.75, 3.05) is 7.05 Å². The summed E-state index contributed by atoms with van der Waals surface area (Å²) in [5.41, 5.74) is -1.20. The van der Waals surface area contributed by atoms with Crippen molar-refractivity contribution in [3.63, 3.8) is 0 Å². The molecule has 1 unspecified atom stereocenters. The maximum absolute atomic E-state index is 12.1. The lowest BCUT2D eigenvalue weighted by Crippen LogP contribution is -2.54. The van der Waals surface area contributed by atoms with E-state index in [1.807, 2.05) is 0 Å². The maximum Gasteiger partial charge on any atom is 0.249 e. The molecule has 0 heterocycles. The van der Waals surface area contributed by atoms with Crippen molar-refractivity contribution < 1.29 is 19.5 Å². The number of aliphatic hydroxyl groups is 1. The SMILES string of the molecule is CCC(=O)[C@H](C)NC(=O)C1(N(C)C(C)=O)C[C@H]1O. The zero-order valence-electron chi connectivity index (χ0n) is 11.2.